The number of benzene rings is 5. The number of rotatable bonds is 10. The summed E-state index contributed by atoms with van der Waals surface area (Å²) in [6.45, 7) is 11.9. The topological polar surface area (TPSA) is 29.0 Å². The second kappa shape index (κ2) is 24.6. The Hall–Kier alpha value is -7.10. The fourth-order valence-corrected chi connectivity index (χ4v) is 6.89. The van der Waals surface area contributed by atoms with Crippen molar-refractivity contribution in [1.82, 2.24) is 4.57 Å². The molecule has 0 unspecified atom stereocenters. The molecule has 1 heterocycles. The molecule has 0 saturated carbocycles. The van der Waals surface area contributed by atoms with Gasteiger partial charge in [-0.1, -0.05) is 165 Å². The largest absolute Gasteiger partial charge is 0.388 e. The van der Waals surface area contributed by atoms with E-state index < -0.39 is 0 Å². The normalized spacial score (nSPS) is 13.4. The molecule has 3 nitrogen and oxygen atoms in total. The van der Waals surface area contributed by atoms with Gasteiger partial charge >= 0.3 is 0 Å². The SMILES string of the molecule is C1=CC(Nc2ccccc2)=CCC1.C1=CCCC=C1.C=C/C=C(\C=C/C)c1ccc2c(c1)c1cc(C(/C=C\C)=C/C=C)ccc1n2-c1ccccc1.CNc1ccccc1. The number of hydrogen-bond acceptors (Lipinski definition) is 2. The molecule has 302 valence electrons. The molecule has 6 aromatic rings. The van der Waals surface area contributed by atoms with E-state index in [1.807, 2.05) is 81.6 Å². The van der Waals surface area contributed by atoms with Gasteiger partial charge in [-0.2, -0.15) is 0 Å². The molecule has 2 aliphatic carbocycles. The summed E-state index contributed by atoms with van der Waals surface area (Å²) in [7, 11) is 1.91. The zero-order chi connectivity index (χ0) is 42.2. The van der Waals surface area contributed by atoms with Crippen LogP contribution in [0.15, 0.2) is 237 Å². The number of nitrogens with zero attached hydrogens (tertiary/aromatic N) is 1. The van der Waals surface area contributed by atoms with Crippen molar-refractivity contribution in [2.75, 3.05) is 17.7 Å². The van der Waals surface area contributed by atoms with E-state index in [0.717, 1.165) is 34.6 Å². The smallest absolute Gasteiger partial charge is 0.0541 e. The summed E-state index contributed by atoms with van der Waals surface area (Å²) in [4.78, 5) is 0. The van der Waals surface area contributed by atoms with E-state index in [1.54, 1.807) is 0 Å². The van der Waals surface area contributed by atoms with Crippen LogP contribution in [0.2, 0.25) is 0 Å². The third kappa shape index (κ3) is 13.0. The van der Waals surface area contributed by atoms with Gasteiger partial charge < -0.3 is 15.2 Å². The molecule has 0 spiro atoms. The predicted octanol–water partition coefficient (Wildman–Crippen LogP) is 16.0. The summed E-state index contributed by atoms with van der Waals surface area (Å²) >= 11 is 0. The predicted molar refractivity (Wildman–Crippen MR) is 267 cm³/mol. The van der Waals surface area contributed by atoms with Crippen LogP contribution in [0.4, 0.5) is 11.4 Å². The molecule has 0 saturated heterocycles. The van der Waals surface area contributed by atoms with Gasteiger partial charge in [0.05, 0.1) is 11.0 Å². The third-order valence-electron chi connectivity index (χ3n) is 9.74. The Bertz CT molecular complexity index is 2410. The number of fused-ring (bicyclic) bond motifs is 3. The van der Waals surface area contributed by atoms with Crippen molar-refractivity contribution >= 4 is 44.3 Å². The van der Waals surface area contributed by atoms with Gasteiger partial charge in [-0.15, -0.1) is 0 Å². The lowest BCUT2D eigenvalue weighted by molar-refractivity contribution is 1.02. The molecule has 2 aliphatic rings. The highest BCUT2D eigenvalue weighted by Gasteiger charge is 2.14. The average Bonchev–Trinajstić information content (AvgIpc) is 3.64. The Labute approximate surface area is 358 Å². The van der Waals surface area contributed by atoms with E-state index in [9.17, 15) is 0 Å². The van der Waals surface area contributed by atoms with Crippen molar-refractivity contribution in [3.63, 3.8) is 0 Å². The van der Waals surface area contributed by atoms with Gasteiger partial charge in [-0.3, -0.25) is 0 Å². The lowest BCUT2D eigenvalue weighted by Crippen LogP contribution is -1.98. The van der Waals surface area contributed by atoms with Gasteiger partial charge in [-0.25, -0.2) is 0 Å². The molecule has 0 amide bonds. The van der Waals surface area contributed by atoms with Crippen LogP contribution in [0.1, 0.15) is 50.7 Å². The van der Waals surface area contributed by atoms with Crippen molar-refractivity contribution in [2.45, 2.75) is 39.5 Å². The average molecular weight is 786 g/mol. The number of aromatic nitrogens is 1. The van der Waals surface area contributed by atoms with E-state index in [4.69, 9.17) is 0 Å². The van der Waals surface area contributed by atoms with Gasteiger partial charge in [0.1, 0.15) is 0 Å². The summed E-state index contributed by atoms with van der Waals surface area (Å²) in [5.41, 5.74) is 11.7. The van der Waals surface area contributed by atoms with Gasteiger partial charge in [-0.05, 0) is 129 Å². The maximum atomic E-state index is 3.90. The minimum absolute atomic E-state index is 1.14. The fraction of sp³-hybridized carbons (Fsp3) is 0.123. The highest BCUT2D eigenvalue weighted by atomic mass is 15.0. The summed E-state index contributed by atoms with van der Waals surface area (Å²) < 4.78 is 2.34. The first kappa shape index (κ1) is 44.0. The lowest BCUT2D eigenvalue weighted by Gasteiger charge is -2.09. The summed E-state index contributed by atoms with van der Waals surface area (Å²) in [5, 5.41) is 8.84. The van der Waals surface area contributed by atoms with E-state index in [-0.39, 0.29) is 0 Å². The highest BCUT2D eigenvalue weighted by molar-refractivity contribution is 6.11. The second-order valence-electron chi connectivity index (χ2n) is 14.0. The Morgan fingerprint density at radius 1 is 0.567 bits per heavy atom. The van der Waals surface area contributed by atoms with Crippen LogP contribution in [-0.4, -0.2) is 11.6 Å². The molecule has 0 fully saturated rings. The first-order valence-electron chi connectivity index (χ1n) is 20.9. The minimum atomic E-state index is 1.14. The standard InChI is InChI=1S/C32H29N.C12H13N.C7H9N.C6H8/c1-5-12-24(13-6-2)26-18-20-31-29(22-26)30-23-27(25(14-7-3)15-8-4)19-21-32(30)33(31)28-16-10-9-11-17-28;1-3-7-11(8-4-1)13-12-9-5-2-6-10-12;1-8-7-5-3-2-4-6-7;1-2-4-6-5-3-1/h5-23H,1,3H2,2,4H3;1,3-5,7-10,13H,2,6H2;2-6,8H,1H3;1-4H,5-6H2/b13-6-,15-8-,24-12+,25-14+;;;. The molecule has 2 N–H and O–H groups in total. The van der Waals surface area contributed by atoms with Crippen LogP contribution in [0.25, 0.3) is 38.6 Å². The van der Waals surface area contributed by atoms with Gasteiger partial charge in [0, 0.05) is 40.6 Å². The number of nitrogens with one attached hydrogen (secondary N) is 2. The van der Waals surface area contributed by atoms with Crippen LogP contribution >= 0.6 is 0 Å². The Balaban J connectivity index is 0.000000202. The van der Waals surface area contributed by atoms with Crippen LogP contribution in [0, 0.1) is 0 Å². The third-order valence-corrected chi connectivity index (χ3v) is 9.74. The molecule has 1 aromatic heterocycles. The van der Waals surface area contributed by atoms with Crippen molar-refractivity contribution in [3.8, 4) is 5.69 Å². The molecule has 3 heteroatoms. The van der Waals surface area contributed by atoms with Crippen LogP contribution in [0.3, 0.4) is 0 Å². The zero-order valence-electron chi connectivity index (χ0n) is 35.5. The Morgan fingerprint density at radius 3 is 1.45 bits per heavy atom. The molecule has 0 radical (unpaired) electrons. The molecule has 5 aromatic carbocycles. The second-order valence-corrected chi connectivity index (χ2v) is 14.0. The molecule has 0 bridgehead atoms. The van der Waals surface area contributed by atoms with Crippen LogP contribution in [0.5, 0.6) is 0 Å². The fourth-order valence-electron chi connectivity index (χ4n) is 6.89. The maximum Gasteiger partial charge on any atom is 0.0541 e. The van der Waals surface area contributed by atoms with Crippen LogP contribution in [-0.2, 0) is 0 Å². The number of anilines is 2. The van der Waals surface area contributed by atoms with Crippen molar-refractivity contribution in [2.24, 2.45) is 0 Å². The minimum Gasteiger partial charge on any atom is -0.388 e. The number of para-hydroxylation sites is 3. The van der Waals surface area contributed by atoms with Crippen molar-refractivity contribution < 1.29 is 0 Å². The van der Waals surface area contributed by atoms with Crippen LogP contribution < -0.4 is 10.6 Å². The summed E-state index contributed by atoms with van der Waals surface area (Å²) in [6.07, 6.45) is 36.1. The maximum absolute atomic E-state index is 3.90. The zero-order valence-corrected chi connectivity index (χ0v) is 35.5. The summed E-state index contributed by atoms with van der Waals surface area (Å²) in [5.74, 6) is 0. The quantitative estimate of drug-likeness (QED) is 0.135. The molecular weight excluding hydrogens is 727 g/mol. The van der Waals surface area contributed by atoms with Crippen molar-refractivity contribution in [1.29, 1.82) is 0 Å². The van der Waals surface area contributed by atoms with E-state index >= 15 is 0 Å². The van der Waals surface area contributed by atoms with E-state index in [1.165, 1.54) is 57.9 Å². The van der Waals surface area contributed by atoms with Gasteiger partial charge in [0.25, 0.3) is 0 Å². The monoisotopic (exact) mass is 785 g/mol. The van der Waals surface area contributed by atoms with E-state index in [0.29, 0.717) is 0 Å². The van der Waals surface area contributed by atoms with Crippen molar-refractivity contribution in [3.05, 3.63) is 249 Å². The van der Waals surface area contributed by atoms with E-state index in [2.05, 4.69) is 186 Å². The summed E-state index contributed by atoms with van der Waals surface area (Å²) in [6, 6.07) is 44.3. The molecule has 60 heavy (non-hydrogen) atoms. The number of hydrogen-bond donors (Lipinski definition) is 2. The lowest BCUT2D eigenvalue weighted by atomic mass is 9.99. The Morgan fingerprint density at radius 2 is 1.05 bits per heavy atom. The molecular formula is C57H59N3. The van der Waals surface area contributed by atoms with Gasteiger partial charge in [0.2, 0.25) is 0 Å². The van der Waals surface area contributed by atoms with Gasteiger partial charge in [0.15, 0.2) is 0 Å². The number of allylic oxidation sites excluding steroid dienone is 17. The first-order valence-corrected chi connectivity index (χ1v) is 20.9. The first-order chi connectivity index (χ1) is 29.6. The molecule has 0 aliphatic heterocycles. The Kier molecular flexibility index (Phi) is 18.1. The molecule has 8 rings (SSSR count). The highest BCUT2D eigenvalue weighted by Crippen LogP contribution is 2.36. The molecule has 0 atom stereocenters.